The van der Waals surface area contributed by atoms with Gasteiger partial charge in [0, 0.05) is 17.8 Å². The predicted molar refractivity (Wildman–Crippen MR) is 94.6 cm³/mol. The number of morpholine rings is 1. The molecule has 2 aromatic rings. The Morgan fingerprint density at radius 2 is 2.24 bits per heavy atom. The van der Waals surface area contributed by atoms with Gasteiger partial charge in [0.25, 0.3) is 0 Å². The molecule has 2 heterocycles. The SMILES string of the molecule is C[C@H]1OCCN[C@@H]1C(=O)Nc1cccc(-c2nnnn2C2CC2)c1.Cl. The van der Waals surface area contributed by atoms with Gasteiger partial charge in [0.1, 0.15) is 6.04 Å². The molecule has 134 valence electrons. The standard InChI is InChI=1S/C16H20N6O2.ClH/c1-10-14(17-7-8-24-10)16(23)18-12-4-2-3-11(9-12)15-19-20-21-22(15)13-5-6-13;/h2-4,9-10,13-14,17H,5-8H2,1H3,(H,18,23);1H/t10-,14+;/m1./s1. The van der Waals surface area contributed by atoms with Crippen molar-refractivity contribution in [1.29, 1.82) is 0 Å². The lowest BCUT2D eigenvalue weighted by molar-refractivity contribution is -0.123. The third-order valence-corrected chi connectivity index (χ3v) is 4.37. The summed E-state index contributed by atoms with van der Waals surface area (Å²) < 4.78 is 7.39. The lowest BCUT2D eigenvalue weighted by Crippen LogP contribution is -2.53. The molecule has 9 heteroatoms. The van der Waals surface area contributed by atoms with Crippen LogP contribution in [0.1, 0.15) is 25.8 Å². The Balaban J connectivity index is 0.00000182. The van der Waals surface area contributed by atoms with Crippen LogP contribution in [0.2, 0.25) is 0 Å². The summed E-state index contributed by atoms with van der Waals surface area (Å²) in [5.74, 6) is 0.641. The molecule has 0 unspecified atom stereocenters. The molecule has 2 fully saturated rings. The highest BCUT2D eigenvalue weighted by molar-refractivity contribution is 5.95. The summed E-state index contributed by atoms with van der Waals surface area (Å²) in [7, 11) is 0. The molecule has 1 amide bonds. The van der Waals surface area contributed by atoms with Crippen LogP contribution in [-0.4, -0.2) is 51.4 Å². The molecule has 1 aliphatic carbocycles. The van der Waals surface area contributed by atoms with Crippen molar-refractivity contribution >= 4 is 24.0 Å². The molecule has 2 N–H and O–H groups in total. The number of rotatable bonds is 4. The maximum atomic E-state index is 12.5. The summed E-state index contributed by atoms with van der Waals surface area (Å²) in [6, 6.07) is 7.66. The summed E-state index contributed by atoms with van der Waals surface area (Å²) in [5, 5.41) is 18.1. The van der Waals surface area contributed by atoms with Gasteiger partial charge < -0.3 is 15.4 Å². The van der Waals surface area contributed by atoms with Crippen LogP contribution in [0.3, 0.4) is 0 Å². The lowest BCUT2D eigenvalue weighted by atomic mass is 10.1. The Hall–Kier alpha value is -2.03. The largest absolute Gasteiger partial charge is 0.375 e. The first-order valence-electron chi connectivity index (χ1n) is 8.26. The quantitative estimate of drug-likeness (QED) is 0.852. The van der Waals surface area contributed by atoms with Crippen molar-refractivity contribution in [2.75, 3.05) is 18.5 Å². The van der Waals surface area contributed by atoms with Crippen LogP contribution < -0.4 is 10.6 Å². The third-order valence-electron chi connectivity index (χ3n) is 4.37. The number of amides is 1. The van der Waals surface area contributed by atoms with E-state index < -0.39 is 0 Å². The maximum absolute atomic E-state index is 12.5. The van der Waals surface area contributed by atoms with E-state index in [9.17, 15) is 4.79 Å². The van der Waals surface area contributed by atoms with Crippen LogP contribution >= 0.6 is 12.4 Å². The topological polar surface area (TPSA) is 94.0 Å². The number of hydrogen-bond donors (Lipinski definition) is 2. The second-order valence-electron chi connectivity index (χ2n) is 6.26. The number of carbonyl (C=O) groups excluding carboxylic acids is 1. The number of tetrazole rings is 1. The maximum Gasteiger partial charge on any atom is 0.244 e. The van der Waals surface area contributed by atoms with Gasteiger partial charge in [0.2, 0.25) is 5.91 Å². The van der Waals surface area contributed by atoms with E-state index in [1.807, 2.05) is 35.9 Å². The second-order valence-corrected chi connectivity index (χ2v) is 6.26. The van der Waals surface area contributed by atoms with Crippen molar-refractivity contribution in [3.8, 4) is 11.4 Å². The number of benzene rings is 1. The molecule has 2 aliphatic rings. The van der Waals surface area contributed by atoms with Crippen LogP contribution in [0.4, 0.5) is 5.69 Å². The van der Waals surface area contributed by atoms with Crippen molar-refractivity contribution in [2.45, 2.75) is 38.0 Å². The Labute approximate surface area is 151 Å². The summed E-state index contributed by atoms with van der Waals surface area (Å²) in [6.07, 6.45) is 2.07. The molecule has 1 saturated carbocycles. The van der Waals surface area contributed by atoms with E-state index in [4.69, 9.17) is 4.74 Å². The summed E-state index contributed by atoms with van der Waals surface area (Å²) in [5.41, 5.74) is 1.62. The minimum Gasteiger partial charge on any atom is -0.375 e. The van der Waals surface area contributed by atoms with E-state index in [-0.39, 0.29) is 30.5 Å². The Kier molecular flexibility index (Phi) is 5.31. The minimum atomic E-state index is -0.348. The van der Waals surface area contributed by atoms with E-state index in [1.165, 1.54) is 0 Å². The van der Waals surface area contributed by atoms with Crippen LogP contribution in [-0.2, 0) is 9.53 Å². The molecule has 4 rings (SSSR count). The Morgan fingerprint density at radius 3 is 3.00 bits per heavy atom. The number of halogens is 1. The monoisotopic (exact) mass is 364 g/mol. The number of aromatic nitrogens is 4. The van der Waals surface area contributed by atoms with Gasteiger partial charge in [-0.2, -0.15) is 0 Å². The molecule has 1 aliphatic heterocycles. The summed E-state index contributed by atoms with van der Waals surface area (Å²) in [6.45, 7) is 3.21. The van der Waals surface area contributed by atoms with E-state index in [2.05, 4.69) is 26.2 Å². The van der Waals surface area contributed by atoms with Gasteiger partial charge in [-0.1, -0.05) is 12.1 Å². The normalized spacial score (nSPS) is 22.9. The van der Waals surface area contributed by atoms with Gasteiger partial charge in [-0.25, -0.2) is 4.68 Å². The molecule has 8 nitrogen and oxygen atoms in total. The number of nitrogens with zero attached hydrogens (tertiary/aromatic N) is 4. The van der Waals surface area contributed by atoms with Gasteiger partial charge in [-0.3, -0.25) is 4.79 Å². The molecule has 25 heavy (non-hydrogen) atoms. The van der Waals surface area contributed by atoms with Crippen LogP contribution in [0.5, 0.6) is 0 Å². The number of ether oxygens (including phenoxy) is 1. The highest BCUT2D eigenvalue weighted by Crippen LogP contribution is 2.36. The number of anilines is 1. The number of carbonyl (C=O) groups is 1. The van der Waals surface area contributed by atoms with E-state index >= 15 is 0 Å². The van der Waals surface area contributed by atoms with Crippen molar-refractivity contribution in [3.63, 3.8) is 0 Å². The second kappa shape index (κ2) is 7.47. The van der Waals surface area contributed by atoms with E-state index in [0.29, 0.717) is 19.2 Å². The minimum absolute atomic E-state index is 0. The molecular weight excluding hydrogens is 344 g/mol. The fraction of sp³-hybridized carbons (Fsp3) is 0.500. The average Bonchev–Trinajstić information content (AvgIpc) is 3.32. The van der Waals surface area contributed by atoms with Crippen molar-refractivity contribution in [3.05, 3.63) is 24.3 Å². The van der Waals surface area contributed by atoms with Crippen LogP contribution in [0.25, 0.3) is 11.4 Å². The molecule has 0 radical (unpaired) electrons. The molecular formula is C16H21ClN6O2. The van der Waals surface area contributed by atoms with Gasteiger partial charge in [0.15, 0.2) is 5.82 Å². The number of hydrogen-bond acceptors (Lipinski definition) is 6. The first-order valence-corrected chi connectivity index (χ1v) is 8.26. The fourth-order valence-electron chi connectivity index (χ4n) is 2.93. The zero-order valence-electron chi connectivity index (χ0n) is 13.9. The highest BCUT2D eigenvalue weighted by atomic mass is 35.5. The van der Waals surface area contributed by atoms with Gasteiger partial charge in [-0.05, 0) is 42.3 Å². The Bertz CT molecular complexity index is 748. The zero-order valence-corrected chi connectivity index (χ0v) is 14.7. The van der Waals surface area contributed by atoms with E-state index in [0.717, 1.165) is 29.9 Å². The molecule has 2 atom stereocenters. The summed E-state index contributed by atoms with van der Waals surface area (Å²) in [4.78, 5) is 12.5. The molecule has 0 spiro atoms. The lowest BCUT2D eigenvalue weighted by Gasteiger charge is -2.29. The van der Waals surface area contributed by atoms with Crippen molar-refractivity contribution in [2.24, 2.45) is 0 Å². The summed E-state index contributed by atoms with van der Waals surface area (Å²) >= 11 is 0. The molecule has 1 aromatic carbocycles. The van der Waals surface area contributed by atoms with Crippen LogP contribution in [0.15, 0.2) is 24.3 Å². The zero-order chi connectivity index (χ0) is 16.5. The Morgan fingerprint density at radius 1 is 1.40 bits per heavy atom. The molecule has 1 saturated heterocycles. The van der Waals surface area contributed by atoms with Gasteiger partial charge in [0.05, 0.1) is 18.8 Å². The highest BCUT2D eigenvalue weighted by Gasteiger charge is 2.29. The molecule has 1 aromatic heterocycles. The first kappa shape index (κ1) is 17.8. The average molecular weight is 365 g/mol. The molecule has 0 bridgehead atoms. The van der Waals surface area contributed by atoms with Crippen molar-refractivity contribution in [1.82, 2.24) is 25.5 Å². The first-order chi connectivity index (χ1) is 11.7. The smallest absolute Gasteiger partial charge is 0.244 e. The van der Waals surface area contributed by atoms with Crippen molar-refractivity contribution < 1.29 is 9.53 Å². The number of nitrogens with one attached hydrogen (secondary N) is 2. The predicted octanol–water partition coefficient (Wildman–Crippen LogP) is 1.41. The van der Waals surface area contributed by atoms with Gasteiger partial charge in [-0.15, -0.1) is 17.5 Å². The van der Waals surface area contributed by atoms with Crippen LogP contribution in [0, 0.1) is 0 Å². The van der Waals surface area contributed by atoms with E-state index in [1.54, 1.807) is 0 Å². The van der Waals surface area contributed by atoms with Gasteiger partial charge >= 0.3 is 0 Å². The fourth-order valence-corrected chi connectivity index (χ4v) is 2.93. The third kappa shape index (κ3) is 3.81.